The van der Waals surface area contributed by atoms with E-state index >= 15 is 0 Å². The number of carbonyl (C=O) groups is 1. The molecule has 5 rings (SSSR count). The van der Waals surface area contributed by atoms with Gasteiger partial charge in [-0.25, -0.2) is 8.78 Å². The molecule has 0 aromatic heterocycles. The lowest BCUT2D eigenvalue weighted by atomic mass is 9.79. The summed E-state index contributed by atoms with van der Waals surface area (Å²) in [5, 5.41) is 20.3. The average molecular weight is 411 g/mol. The number of nitrogens with zero attached hydrogens (tertiary/aromatic N) is 3. The number of rotatable bonds is 3. The van der Waals surface area contributed by atoms with Crippen LogP contribution in [0.3, 0.4) is 0 Å². The Hall–Kier alpha value is -2.56. The summed E-state index contributed by atoms with van der Waals surface area (Å²) in [5.74, 6) is -1.56. The van der Waals surface area contributed by atoms with E-state index in [0.29, 0.717) is 25.0 Å². The number of aliphatic hydroxyl groups is 1. The van der Waals surface area contributed by atoms with Gasteiger partial charge < -0.3 is 10.0 Å². The number of hydrogen-bond acceptors (Lipinski definition) is 4. The Bertz CT molecular complexity index is 954. The van der Waals surface area contributed by atoms with E-state index in [1.807, 2.05) is 12.2 Å². The molecular formula is C23H23F2N3O2. The van der Waals surface area contributed by atoms with Crippen molar-refractivity contribution in [3.63, 3.8) is 0 Å². The van der Waals surface area contributed by atoms with E-state index in [0.717, 1.165) is 5.56 Å². The zero-order valence-electron chi connectivity index (χ0n) is 16.4. The Morgan fingerprint density at radius 1 is 1.23 bits per heavy atom. The number of nitriles is 1. The van der Waals surface area contributed by atoms with Gasteiger partial charge in [-0.1, -0.05) is 24.3 Å². The Labute approximate surface area is 173 Å². The van der Waals surface area contributed by atoms with Crippen LogP contribution in [0, 0.1) is 34.9 Å². The smallest absolute Gasteiger partial charge is 0.230 e. The van der Waals surface area contributed by atoms with E-state index in [-0.39, 0.29) is 30.2 Å². The van der Waals surface area contributed by atoms with Crippen LogP contribution in [0.5, 0.6) is 0 Å². The number of halogens is 2. The number of aliphatic hydroxyl groups excluding tert-OH is 1. The first-order valence-corrected chi connectivity index (χ1v) is 10.4. The van der Waals surface area contributed by atoms with Crippen molar-refractivity contribution in [2.45, 2.75) is 43.9 Å². The van der Waals surface area contributed by atoms with Gasteiger partial charge in [-0.2, -0.15) is 5.26 Å². The van der Waals surface area contributed by atoms with Gasteiger partial charge in [0.25, 0.3) is 0 Å². The standard InChI is InChI=1S/C23H23F2N3O2/c24-16-7-3-14(4-8-16)12-28-22(29)18-19(23(28)30)21-17(25)9-10-27(21)20(18)15-5-1-13(11-26)2-6-15/h1-5,7-8,15,17-22,29H,6,9-10,12H2/t15?,17-,18-,19+,20-,21-,22?/m0/s1. The molecule has 0 radical (unpaired) electrons. The minimum absolute atomic E-state index is 0.0121. The van der Waals surface area contributed by atoms with Gasteiger partial charge in [0.05, 0.1) is 18.0 Å². The maximum Gasteiger partial charge on any atom is 0.230 e. The monoisotopic (exact) mass is 411 g/mol. The van der Waals surface area contributed by atoms with Crippen LogP contribution in [0.15, 0.2) is 48.1 Å². The summed E-state index contributed by atoms with van der Waals surface area (Å²) in [6.07, 6.45) is 4.52. The minimum Gasteiger partial charge on any atom is -0.373 e. The van der Waals surface area contributed by atoms with Gasteiger partial charge in [0, 0.05) is 30.6 Å². The SMILES string of the molecule is N#CC1=CCC([C@H]2[C@H]3C(O)N(Cc4ccc(F)cc4)C(=O)[C@H]3[C@@H]3[C@@H](F)CCN32)C=C1. The van der Waals surface area contributed by atoms with Gasteiger partial charge in [0.15, 0.2) is 0 Å². The number of benzene rings is 1. The van der Waals surface area contributed by atoms with E-state index in [2.05, 4.69) is 11.0 Å². The molecule has 1 N–H and O–H groups in total. The maximum absolute atomic E-state index is 14.9. The molecule has 2 unspecified atom stereocenters. The second-order valence-corrected chi connectivity index (χ2v) is 8.66. The molecule has 0 spiro atoms. The molecule has 3 saturated heterocycles. The van der Waals surface area contributed by atoms with Crippen LogP contribution in [-0.2, 0) is 11.3 Å². The van der Waals surface area contributed by atoms with E-state index < -0.39 is 30.3 Å². The maximum atomic E-state index is 14.9. The van der Waals surface area contributed by atoms with Crippen molar-refractivity contribution in [2.75, 3.05) is 6.54 Å². The van der Waals surface area contributed by atoms with Crippen LogP contribution in [0.2, 0.25) is 0 Å². The second-order valence-electron chi connectivity index (χ2n) is 8.66. The molecule has 3 aliphatic heterocycles. The van der Waals surface area contributed by atoms with Crippen LogP contribution >= 0.6 is 0 Å². The summed E-state index contributed by atoms with van der Waals surface area (Å²) < 4.78 is 28.1. The predicted octanol–water partition coefficient (Wildman–Crippen LogP) is 2.54. The third-order valence-electron chi connectivity index (χ3n) is 7.18. The summed E-state index contributed by atoms with van der Waals surface area (Å²) in [6.45, 7) is 0.739. The number of amides is 1. The number of allylic oxidation sites excluding steroid dienone is 3. The first-order chi connectivity index (χ1) is 14.5. The fraction of sp³-hybridized carbons (Fsp3) is 0.478. The molecule has 3 heterocycles. The summed E-state index contributed by atoms with van der Waals surface area (Å²) >= 11 is 0. The van der Waals surface area contributed by atoms with E-state index in [9.17, 15) is 18.7 Å². The fourth-order valence-corrected chi connectivity index (χ4v) is 5.90. The molecule has 7 heteroatoms. The number of fused-ring (bicyclic) bond motifs is 3. The predicted molar refractivity (Wildman–Crippen MR) is 105 cm³/mol. The van der Waals surface area contributed by atoms with E-state index in [1.165, 1.54) is 17.0 Å². The highest BCUT2D eigenvalue weighted by molar-refractivity contribution is 5.83. The van der Waals surface area contributed by atoms with Crippen molar-refractivity contribution in [3.8, 4) is 6.07 Å². The molecule has 3 fully saturated rings. The van der Waals surface area contributed by atoms with E-state index in [1.54, 1.807) is 18.2 Å². The molecule has 5 nitrogen and oxygen atoms in total. The Morgan fingerprint density at radius 3 is 2.67 bits per heavy atom. The molecule has 30 heavy (non-hydrogen) atoms. The molecule has 156 valence electrons. The molecule has 4 aliphatic rings. The van der Waals surface area contributed by atoms with Gasteiger partial charge in [0.2, 0.25) is 5.91 Å². The quantitative estimate of drug-likeness (QED) is 0.830. The first-order valence-electron chi connectivity index (χ1n) is 10.4. The number of likely N-dealkylation sites (tertiary alicyclic amines) is 1. The topological polar surface area (TPSA) is 67.6 Å². The third kappa shape index (κ3) is 2.90. The van der Waals surface area contributed by atoms with Crippen LogP contribution in [0.1, 0.15) is 18.4 Å². The Kier molecular flexibility index (Phi) is 4.72. The normalized spacial score (nSPS) is 37.8. The lowest BCUT2D eigenvalue weighted by molar-refractivity contribution is -0.138. The molecule has 0 saturated carbocycles. The van der Waals surface area contributed by atoms with Crippen molar-refractivity contribution >= 4 is 5.91 Å². The van der Waals surface area contributed by atoms with Crippen LogP contribution in [0.4, 0.5) is 8.78 Å². The fourth-order valence-electron chi connectivity index (χ4n) is 5.90. The third-order valence-corrected chi connectivity index (χ3v) is 7.18. The van der Waals surface area contributed by atoms with Crippen molar-refractivity contribution in [2.24, 2.45) is 17.8 Å². The van der Waals surface area contributed by atoms with Crippen molar-refractivity contribution in [1.29, 1.82) is 5.26 Å². The van der Waals surface area contributed by atoms with Crippen molar-refractivity contribution < 1.29 is 18.7 Å². The van der Waals surface area contributed by atoms with Crippen LogP contribution in [0.25, 0.3) is 0 Å². The Balaban J connectivity index is 1.45. The summed E-state index contributed by atoms with van der Waals surface area (Å²) in [6, 6.07) is 7.30. The molecule has 1 aromatic rings. The summed E-state index contributed by atoms with van der Waals surface area (Å²) in [4.78, 5) is 16.8. The lowest BCUT2D eigenvalue weighted by Crippen LogP contribution is -2.47. The molecule has 1 amide bonds. The second kappa shape index (κ2) is 7.29. The van der Waals surface area contributed by atoms with Gasteiger partial charge in [-0.05, 0) is 42.5 Å². The van der Waals surface area contributed by atoms with Gasteiger partial charge in [0.1, 0.15) is 18.2 Å². The van der Waals surface area contributed by atoms with Gasteiger partial charge in [-0.3, -0.25) is 9.69 Å². The van der Waals surface area contributed by atoms with Crippen LogP contribution < -0.4 is 0 Å². The van der Waals surface area contributed by atoms with Crippen LogP contribution in [-0.4, -0.2) is 51.8 Å². The van der Waals surface area contributed by atoms with E-state index in [4.69, 9.17) is 5.26 Å². The van der Waals surface area contributed by atoms with Crippen molar-refractivity contribution in [1.82, 2.24) is 9.80 Å². The first kappa shape index (κ1) is 19.4. The zero-order valence-corrected chi connectivity index (χ0v) is 16.4. The number of alkyl halides is 1. The zero-order chi connectivity index (χ0) is 21.0. The highest BCUT2D eigenvalue weighted by Gasteiger charge is 2.65. The largest absolute Gasteiger partial charge is 0.373 e. The van der Waals surface area contributed by atoms with Gasteiger partial charge in [-0.15, -0.1) is 0 Å². The Morgan fingerprint density at radius 2 is 2.00 bits per heavy atom. The summed E-state index contributed by atoms with van der Waals surface area (Å²) in [5.41, 5.74) is 1.32. The summed E-state index contributed by atoms with van der Waals surface area (Å²) in [7, 11) is 0. The van der Waals surface area contributed by atoms with Gasteiger partial charge >= 0.3 is 0 Å². The van der Waals surface area contributed by atoms with Crippen molar-refractivity contribution in [3.05, 3.63) is 59.4 Å². The molecule has 1 aromatic carbocycles. The average Bonchev–Trinajstić information content (AvgIpc) is 3.36. The highest BCUT2D eigenvalue weighted by Crippen LogP contribution is 2.52. The molecule has 7 atom stereocenters. The lowest BCUT2D eigenvalue weighted by Gasteiger charge is -2.36. The minimum atomic E-state index is -1.10. The number of hydrogen-bond donors (Lipinski definition) is 1. The molecule has 0 bridgehead atoms. The molecule has 1 aliphatic carbocycles. The molecular weight excluding hydrogens is 388 g/mol. The number of carbonyl (C=O) groups excluding carboxylic acids is 1. The highest BCUT2D eigenvalue weighted by atomic mass is 19.1.